The fourth-order valence-electron chi connectivity index (χ4n) is 2.18. The van der Waals surface area contributed by atoms with E-state index in [1.54, 1.807) is 18.7 Å². The molecule has 0 aliphatic heterocycles. The van der Waals surface area contributed by atoms with E-state index in [-0.39, 0.29) is 10.8 Å². The number of benzene rings is 2. The normalized spacial score (nSPS) is 12.4. The quantitative estimate of drug-likeness (QED) is 0.430. The molecule has 0 amide bonds. The van der Waals surface area contributed by atoms with Gasteiger partial charge in [-0.15, -0.1) is 0 Å². The number of rotatable bonds is 3. The molecule has 0 saturated carbocycles. The smallest absolute Gasteiger partial charge is 0.297 e. The number of nitrogens with one attached hydrogen (secondary N) is 1. The SMILES string of the molecule is O=S(=O)(O)c1cc2ccccc2c(S(=O)(=O)O)c1S(=O)(=O)O.c1c[nH]cn1. The van der Waals surface area contributed by atoms with Gasteiger partial charge in [-0.25, -0.2) is 4.98 Å². The molecule has 1 aromatic heterocycles. The zero-order valence-electron chi connectivity index (χ0n) is 13.1. The standard InChI is InChI=1S/C10H8O9S3.C3H4N2/c11-20(12,13)8-5-6-3-1-2-4-7(6)9(21(14,15)16)10(8)22(17,18)19;1-2-5-3-4-1/h1-5H,(H,11,12,13)(H,14,15,16)(H,17,18,19);1-3H,(H,4,5). The van der Waals surface area contributed by atoms with Crippen LogP contribution >= 0.6 is 0 Å². The summed E-state index contributed by atoms with van der Waals surface area (Å²) in [5, 5.41) is -0.430. The highest BCUT2D eigenvalue weighted by Gasteiger charge is 2.34. The van der Waals surface area contributed by atoms with E-state index in [0.29, 0.717) is 6.07 Å². The lowest BCUT2D eigenvalue weighted by Gasteiger charge is -2.12. The van der Waals surface area contributed by atoms with Crippen LogP contribution in [0.2, 0.25) is 0 Å². The Hall–Kier alpha value is -2.36. The van der Waals surface area contributed by atoms with E-state index in [9.17, 15) is 29.8 Å². The number of nitrogens with zero attached hydrogens (tertiary/aromatic N) is 1. The number of H-pyrrole nitrogens is 1. The van der Waals surface area contributed by atoms with Gasteiger partial charge in [0, 0.05) is 17.8 Å². The Morgan fingerprint density at radius 2 is 1.41 bits per heavy atom. The highest BCUT2D eigenvalue weighted by molar-refractivity contribution is 7.90. The van der Waals surface area contributed by atoms with Crippen LogP contribution in [0.4, 0.5) is 0 Å². The van der Waals surface area contributed by atoms with E-state index in [1.807, 2.05) is 0 Å². The van der Waals surface area contributed by atoms with Gasteiger partial charge in [0.1, 0.15) is 14.7 Å². The second-order valence-corrected chi connectivity index (χ2v) is 9.05. The van der Waals surface area contributed by atoms with E-state index >= 15 is 0 Å². The minimum atomic E-state index is -5.40. The molecule has 2 aromatic carbocycles. The van der Waals surface area contributed by atoms with Gasteiger partial charge in [0.25, 0.3) is 30.4 Å². The molecule has 0 unspecified atom stereocenters. The van der Waals surface area contributed by atoms with E-state index in [0.717, 1.165) is 6.07 Å². The van der Waals surface area contributed by atoms with Gasteiger partial charge in [0.05, 0.1) is 6.33 Å². The van der Waals surface area contributed by atoms with Gasteiger partial charge >= 0.3 is 0 Å². The monoisotopic (exact) mass is 436 g/mol. The molecule has 0 aliphatic carbocycles. The zero-order valence-corrected chi connectivity index (χ0v) is 15.5. The van der Waals surface area contributed by atoms with Crippen LogP contribution in [0, 0.1) is 0 Å². The van der Waals surface area contributed by atoms with Gasteiger partial charge in [0.2, 0.25) is 0 Å². The second-order valence-electron chi connectivity index (χ2n) is 4.94. The van der Waals surface area contributed by atoms with Crippen molar-refractivity contribution in [1.29, 1.82) is 0 Å². The van der Waals surface area contributed by atoms with Crippen LogP contribution in [-0.4, -0.2) is 48.9 Å². The number of fused-ring (bicyclic) bond motifs is 1. The summed E-state index contributed by atoms with van der Waals surface area (Å²) in [7, 11) is -15.8. The van der Waals surface area contributed by atoms with Crippen molar-refractivity contribution in [3.63, 3.8) is 0 Å². The van der Waals surface area contributed by atoms with Crippen molar-refractivity contribution in [1.82, 2.24) is 9.97 Å². The molecular formula is C13H12N2O9S3. The van der Waals surface area contributed by atoms with Crippen molar-refractivity contribution in [2.75, 3.05) is 0 Å². The van der Waals surface area contributed by atoms with Crippen LogP contribution < -0.4 is 0 Å². The molecule has 4 N–H and O–H groups in total. The topological polar surface area (TPSA) is 192 Å². The molecule has 3 aromatic rings. The van der Waals surface area contributed by atoms with Crippen LogP contribution in [0.5, 0.6) is 0 Å². The molecule has 27 heavy (non-hydrogen) atoms. The Bertz CT molecular complexity index is 1260. The summed E-state index contributed by atoms with van der Waals surface area (Å²) in [5.41, 5.74) is 0. The first-order valence-corrected chi connectivity index (χ1v) is 11.1. The van der Waals surface area contributed by atoms with Crippen LogP contribution in [0.1, 0.15) is 0 Å². The van der Waals surface area contributed by atoms with Crippen molar-refractivity contribution in [2.45, 2.75) is 14.7 Å². The number of hydrogen-bond donors (Lipinski definition) is 4. The first kappa shape index (κ1) is 20.9. The van der Waals surface area contributed by atoms with Gasteiger partial charge in [-0.3, -0.25) is 13.7 Å². The summed E-state index contributed by atoms with van der Waals surface area (Å²) in [4.78, 5) is 2.11. The summed E-state index contributed by atoms with van der Waals surface area (Å²) in [6, 6.07) is 5.69. The van der Waals surface area contributed by atoms with Crippen LogP contribution in [-0.2, 0) is 30.4 Å². The van der Waals surface area contributed by atoms with Gasteiger partial charge in [-0.05, 0) is 11.5 Å². The van der Waals surface area contributed by atoms with Crippen LogP contribution in [0.25, 0.3) is 10.8 Å². The Morgan fingerprint density at radius 3 is 1.81 bits per heavy atom. The summed E-state index contributed by atoms with van der Waals surface area (Å²) >= 11 is 0. The average molecular weight is 436 g/mol. The van der Waals surface area contributed by atoms with Crippen molar-refractivity contribution in [2.24, 2.45) is 0 Å². The molecule has 0 atom stereocenters. The van der Waals surface area contributed by atoms with Gasteiger partial charge < -0.3 is 4.98 Å². The predicted octanol–water partition coefficient (Wildman–Crippen LogP) is 0.990. The molecule has 0 bridgehead atoms. The first-order valence-electron chi connectivity index (χ1n) is 6.74. The molecule has 0 saturated heterocycles. The van der Waals surface area contributed by atoms with Gasteiger partial charge in [0.15, 0.2) is 0 Å². The van der Waals surface area contributed by atoms with E-state index in [1.165, 1.54) is 18.2 Å². The maximum atomic E-state index is 11.5. The molecule has 11 nitrogen and oxygen atoms in total. The third-order valence-corrected chi connectivity index (χ3v) is 6.14. The highest BCUT2D eigenvalue weighted by Crippen LogP contribution is 2.35. The molecular weight excluding hydrogens is 424 g/mol. The van der Waals surface area contributed by atoms with Crippen LogP contribution in [0.15, 0.2) is 63.7 Å². The van der Waals surface area contributed by atoms with Crippen molar-refractivity contribution >= 4 is 41.1 Å². The maximum Gasteiger partial charge on any atom is 0.297 e. The average Bonchev–Trinajstić information content (AvgIpc) is 3.10. The molecule has 14 heteroatoms. The summed E-state index contributed by atoms with van der Waals surface area (Å²) in [6.07, 6.45) is 5.08. The third-order valence-electron chi connectivity index (χ3n) is 3.12. The first-order chi connectivity index (χ1) is 12.3. The number of aromatic nitrogens is 2. The van der Waals surface area contributed by atoms with E-state index < -0.39 is 45.0 Å². The lowest BCUT2D eigenvalue weighted by Crippen LogP contribution is -2.15. The fourth-order valence-corrected chi connectivity index (χ4v) is 5.58. The largest absolute Gasteiger partial charge is 0.351 e. The molecule has 146 valence electrons. The Balaban J connectivity index is 0.000000451. The predicted molar refractivity (Wildman–Crippen MR) is 92.0 cm³/mol. The minimum absolute atomic E-state index is 0.0878. The number of aromatic amines is 1. The molecule has 0 fully saturated rings. The fraction of sp³-hybridized carbons (Fsp3) is 0. The number of hydrogen-bond acceptors (Lipinski definition) is 7. The van der Waals surface area contributed by atoms with E-state index in [2.05, 4.69) is 9.97 Å². The Kier molecular flexibility index (Phi) is 5.69. The van der Waals surface area contributed by atoms with Gasteiger partial charge in [-0.2, -0.15) is 25.3 Å². The third kappa shape index (κ3) is 4.88. The molecule has 0 aliphatic rings. The summed E-state index contributed by atoms with van der Waals surface area (Å²) in [5.74, 6) is 0. The second kappa shape index (κ2) is 7.34. The molecule has 1 heterocycles. The lowest BCUT2D eigenvalue weighted by molar-refractivity contribution is 0.457. The number of imidazole rings is 1. The molecule has 3 rings (SSSR count). The van der Waals surface area contributed by atoms with Gasteiger partial charge in [-0.1, -0.05) is 24.3 Å². The maximum absolute atomic E-state index is 11.5. The highest BCUT2D eigenvalue weighted by atomic mass is 32.2. The zero-order chi connectivity index (χ0) is 20.5. The molecule has 0 radical (unpaired) electrons. The van der Waals surface area contributed by atoms with Crippen molar-refractivity contribution in [3.05, 3.63) is 49.1 Å². The Morgan fingerprint density at radius 1 is 0.815 bits per heavy atom. The van der Waals surface area contributed by atoms with Crippen LogP contribution in [0.3, 0.4) is 0 Å². The lowest BCUT2D eigenvalue weighted by atomic mass is 10.1. The summed E-state index contributed by atoms with van der Waals surface area (Å²) in [6.45, 7) is 0. The minimum Gasteiger partial charge on any atom is -0.351 e. The van der Waals surface area contributed by atoms with Crippen molar-refractivity contribution < 1.29 is 38.9 Å². The summed E-state index contributed by atoms with van der Waals surface area (Å²) < 4.78 is 96.0. The van der Waals surface area contributed by atoms with E-state index in [4.69, 9.17) is 9.11 Å². The molecule has 0 spiro atoms. The Labute approximate surface area is 153 Å². The van der Waals surface area contributed by atoms with Crippen molar-refractivity contribution in [3.8, 4) is 0 Å².